The zero-order valence-corrected chi connectivity index (χ0v) is 9.96. The quantitative estimate of drug-likeness (QED) is 0.757. The van der Waals surface area contributed by atoms with Crippen molar-refractivity contribution in [1.82, 2.24) is 5.32 Å². The van der Waals surface area contributed by atoms with Gasteiger partial charge in [-0.05, 0) is 19.4 Å². The average Bonchev–Trinajstić information content (AvgIpc) is 2.26. The molecule has 1 rings (SSSR count). The second-order valence-electron chi connectivity index (χ2n) is 4.15. The van der Waals surface area contributed by atoms with Crippen LogP contribution in [0.25, 0.3) is 0 Å². The molecular weight excluding hydrogens is 210 g/mol. The van der Waals surface area contributed by atoms with Gasteiger partial charge < -0.3 is 10.4 Å². The van der Waals surface area contributed by atoms with Crippen LogP contribution in [0.3, 0.4) is 0 Å². The summed E-state index contributed by atoms with van der Waals surface area (Å²) >= 11 is 5.61. The highest BCUT2D eigenvalue weighted by molar-refractivity contribution is 6.18. The second kappa shape index (κ2) is 5.50. The van der Waals surface area contributed by atoms with Crippen LogP contribution in [0.15, 0.2) is 30.3 Å². The molecule has 3 heteroatoms. The maximum atomic E-state index is 10.2. The summed E-state index contributed by atoms with van der Waals surface area (Å²) in [6.45, 7) is 4.63. The molecule has 0 aliphatic carbocycles. The average molecular weight is 228 g/mol. The predicted molar refractivity (Wildman–Crippen MR) is 64.2 cm³/mol. The molecule has 1 aromatic carbocycles. The van der Waals surface area contributed by atoms with Crippen LogP contribution in [0.2, 0.25) is 0 Å². The Morgan fingerprint density at radius 1 is 1.33 bits per heavy atom. The first-order valence-electron chi connectivity index (χ1n) is 5.12. The SMILES string of the molecule is CC(C)(NCCCl)[C@@H](O)c1ccccc1. The minimum atomic E-state index is -0.526. The van der Waals surface area contributed by atoms with Gasteiger partial charge in [0.25, 0.3) is 0 Å². The third kappa shape index (κ3) is 3.49. The summed E-state index contributed by atoms with van der Waals surface area (Å²) in [6.07, 6.45) is -0.526. The second-order valence-corrected chi connectivity index (χ2v) is 4.53. The van der Waals surface area contributed by atoms with Gasteiger partial charge in [-0.2, -0.15) is 0 Å². The van der Waals surface area contributed by atoms with Gasteiger partial charge in [0.05, 0.1) is 6.10 Å². The van der Waals surface area contributed by atoms with Gasteiger partial charge in [-0.3, -0.25) is 0 Å². The lowest BCUT2D eigenvalue weighted by atomic mass is 9.91. The molecular formula is C12H18ClNO. The van der Waals surface area contributed by atoms with E-state index in [-0.39, 0.29) is 5.54 Å². The minimum absolute atomic E-state index is 0.365. The van der Waals surface area contributed by atoms with E-state index >= 15 is 0 Å². The molecule has 1 atom stereocenters. The molecule has 0 bridgehead atoms. The molecule has 0 amide bonds. The number of rotatable bonds is 5. The van der Waals surface area contributed by atoms with Crippen LogP contribution in [0.4, 0.5) is 0 Å². The van der Waals surface area contributed by atoms with Gasteiger partial charge in [-0.25, -0.2) is 0 Å². The third-order valence-electron chi connectivity index (χ3n) is 2.47. The number of alkyl halides is 1. The molecule has 0 spiro atoms. The standard InChI is InChI=1S/C12H18ClNO/c1-12(2,14-9-8-13)11(15)10-6-4-3-5-7-10/h3-7,11,14-15H,8-9H2,1-2H3/t11-/m0/s1. The van der Waals surface area contributed by atoms with Crippen LogP contribution >= 0.6 is 11.6 Å². The van der Waals surface area contributed by atoms with E-state index in [0.29, 0.717) is 12.4 Å². The fourth-order valence-electron chi connectivity index (χ4n) is 1.52. The summed E-state index contributed by atoms with van der Waals surface area (Å²) in [6, 6.07) is 9.64. The van der Waals surface area contributed by atoms with E-state index in [1.165, 1.54) is 0 Å². The minimum Gasteiger partial charge on any atom is -0.387 e. The number of nitrogens with one attached hydrogen (secondary N) is 1. The van der Waals surface area contributed by atoms with Crippen molar-refractivity contribution in [3.05, 3.63) is 35.9 Å². The molecule has 1 aromatic rings. The molecule has 84 valence electrons. The topological polar surface area (TPSA) is 32.3 Å². The van der Waals surface area contributed by atoms with Crippen molar-refractivity contribution in [3.63, 3.8) is 0 Å². The first kappa shape index (κ1) is 12.5. The van der Waals surface area contributed by atoms with Crippen molar-refractivity contribution in [2.75, 3.05) is 12.4 Å². The van der Waals surface area contributed by atoms with Crippen LogP contribution < -0.4 is 5.32 Å². The Balaban J connectivity index is 2.70. The molecule has 0 radical (unpaired) electrons. The predicted octanol–water partition coefficient (Wildman–Crippen LogP) is 2.33. The molecule has 2 nitrogen and oxygen atoms in total. The fraction of sp³-hybridized carbons (Fsp3) is 0.500. The molecule has 2 N–H and O–H groups in total. The van der Waals surface area contributed by atoms with E-state index in [2.05, 4.69) is 5.32 Å². The van der Waals surface area contributed by atoms with E-state index in [1.807, 2.05) is 44.2 Å². The maximum absolute atomic E-state index is 10.2. The number of aliphatic hydroxyl groups is 1. The number of aliphatic hydroxyl groups excluding tert-OH is 1. The van der Waals surface area contributed by atoms with Crippen LogP contribution in [-0.4, -0.2) is 23.1 Å². The zero-order valence-electron chi connectivity index (χ0n) is 9.20. The Hall–Kier alpha value is -0.570. The Morgan fingerprint density at radius 3 is 2.47 bits per heavy atom. The summed E-state index contributed by atoms with van der Waals surface area (Å²) in [7, 11) is 0. The normalized spacial score (nSPS) is 13.9. The van der Waals surface area contributed by atoms with E-state index in [1.54, 1.807) is 0 Å². The number of hydrogen-bond acceptors (Lipinski definition) is 2. The van der Waals surface area contributed by atoms with Crippen molar-refractivity contribution in [2.45, 2.75) is 25.5 Å². The smallest absolute Gasteiger partial charge is 0.0966 e. The van der Waals surface area contributed by atoms with Gasteiger partial charge in [0.1, 0.15) is 0 Å². The highest BCUT2D eigenvalue weighted by Gasteiger charge is 2.27. The molecule has 0 heterocycles. The van der Waals surface area contributed by atoms with Crippen molar-refractivity contribution < 1.29 is 5.11 Å². The van der Waals surface area contributed by atoms with E-state index in [4.69, 9.17) is 11.6 Å². The molecule has 0 aliphatic rings. The fourth-order valence-corrected chi connectivity index (χ4v) is 1.61. The highest BCUT2D eigenvalue weighted by atomic mass is 35.5. The van der Waals surface area contributed by atoms with Gasteiger partial charge in [0.15, 0.2) is 0 Å². The molecule has 15 heavy (non-hydrogen) atoms. The summed E-state index contributed by atoms with van der Waals surface area (Å²) < 4.78 is 0. The van der Waals surface area contributed by atoms with Crippen LogP contribution in [0, 0.1) is 0 Å². The highest BCUT2D eigenvalue weighted by Crippen LogP contribution is 2.24. The van der Waals surface area contributed by atoms with Gasteiger partial charge in [0, 0.05) is 18.0 Å². The third-order valence-corrected chi connectivity index (χ3v) is 2.66. The monoisotopic (exact) mass is 227 g/mol. The molecule has 0 saturated heterocycles. The summed E-state index contributed by atoms with van der Waals surface area (Å²) in [4.78, 5) is 0. The van der Waals surface area contributed by atoms with Gasteiger partial charge in [-0.1, -0.05) is 30.3 Å². The number of benzene rings is 1. The summed E-state index contributed by atoms with van der Waals surface area (Å²) in [5.41, 5.74) is 0.556. The molecule has 0 fully saturated rings. The van der Waals surface area contributed by atoms with Crippen LogP contribution in [0.5, 0.6) is 0 Å². The van der Waals surface area contributed by atoms with Crippen molar-refractivity contribution >= 4 is 11.6 Å². The van der Waals surface area contributed by atoms with E-state index < -0.39 is 6.10 Å². The Bertz CT molecular complexity index is 287. The summed E-state index contributed by atoms with van der Waals surface area (Å²) in [5.74, 6) is 0.547. The summed E-state index contributed by atoms with van der Waals surface area (Å²) in [5, 5.41) is 13.4. The zero-order chi connectivity index (χ0) is 11.3. The van der Waals surface area contributed by atoms with Crippen molar-refractivity contribution in [2.24, 2.45) is 0 Å². The molecule has 0 aliphatic heterocycles. The van der Waals surface area contributed by atoms with Crippen LogP contribution in [0.1, 0.15) is 25.5 Å². The molecule has 0 unspecified atom stereocenters. The lowest BCUT2D eigenvalue weighted by Crippen LogP contribution is -2.45. The van der Waals surface area contributed by atoms with Crippen molar-refractivity contribution in [3.8, 4) is 0 Å². The van der Waals surface area contributed by atoms with Gasteiger partial charge in [-0.15, -0.1) is 11.6 Å². The first-order chi connectivity index (χ1) is 7.08. The van der Waals surface area contributed by atoms with Crippen LogP contribution in [-0.2, 0) is 0 Å². The maximum Gasteiger partial charge on any atom is 0.0966 e. The Kier molecular flexibility index (Phi) is 4.58. The van der Waals surface area contributed by atoms with E-state index in [9.17, 15) is 5.11 Å². The molecule has 0 aromatic heterocycles. The van der Waals surface area contributed by atoms with Gasteiger partial charge >= 0.3 is 0 Å². The Morgan fingerprint density at radius 2 is 1.93 bits per heavy atom. The largest absolute Gasteiger partial charge is 0.387 e. The molecule has 0 saturated carbocycles. The van der Waals surface area contributed by atoms with Gasteiger partial charge in [0.2, 0.25) is 0 Å². The lowest BCUT2D eigenvalue weighted by molar-refractivity contribution is 0.0817. The van der Waals surface area contributed by atoms with E-state index in [0.717, 1.165) is 5.56 Å². The number of halogens is 1. The lowest BCUT2D eigenvalue weighted by Gasteiger charge is -2.32. The number of hydrogen-bond donors (Lipinski definition) is 2. The first-order valence-corrected chi connectivity index (χ1v) is 5.65. The van der Waals surface area contributed by atoms with Crippen molar-refractivity contribution in [1.29, 1.82) is 0 Å². The Labute approximate surface area is 96.3 Å².